The van der Waals surface area contributed by atoms with E-state index in [0.717, 1.165) is 26.1 Å². The zero-order valence-electron chi connectivity index (χ0n) is 16.2. The third kappa shape index (κ3) is 4.24. The number of hydrogen-bond acceptors (Lipinski definition) is 4. The normalized spacial score (nSPS) is 16.2. The molecule has 5 nitrogen and oxygen atoms in total. The smallest absolute Gasteiger partial charge is 0.255 e. The molecular weight excluding hydrogens is 396 g/mol. The first kappa shape index (κ1) is 22.4. The predicted octanol–water partition coefficient (Wildman–Crippen LogP) is 3.77. The molecule has 0 saturated carbocycles. The Morgan fingerprint density at radius 2 is 1.57 bits per heavy atom. The fraction of sp³-hybridized carbons (Fsp3) is 0.381. The molecule has 1 amide bonds. The number of carbonyl (C=O) groups is 1. The van der Waals surface area contributed by atoms with Crippen molar-refractivity contribution in [3.8, 4) is 0 Å². The number of rotatable bonds is 8. The summed E-state index contributed by atoms with van der Waals surface area (Å²) in [4.78, 5) is 17.0. The van der Waals surface area contributed by atoms with E-state index in [9.17, 15) is 13.2 Å². The minimum atomic E-state index is -3.70. The Balaban J connectivity index is 0.00000280. The van der Waals surface area contributed by atoms with Gasteiger partial charge in [-0.3, -0.25) is 4.79 Å². The molecule has 2 aromatic carbocycles. The summed E-state index contributed by atoms with van der Waals surface area (Å²) >= 11 is 0. The molecule has 1 aliphatic rings. The fourth-order valence-corrected chi connectivity index (χ4v) is 5.50. The van der Waals surface area contributed by atoms with E-state index in [4.69, 9.17) is 0 Å². The number of amides is 1. The molecule has 0 radical (unpaired) electrons. The maximum absolute atomic E-state index is 13.4. The van der Waals surface area contributed by atoms with Crippen molar-refractivity contribution in [2.45, 2.75) is 30.5 Å². The molecule has 0 N–H and O–H groups in total. The van der Waals surface area contributed by atoms with E-state index in [0.29, 0.717) is 17.7 Å². The molecule has 7 heteroatoms. The molecule has 28 heavy (non-hydrogen) atoms. The second kappa shape index (κ2) is 9.54. The zero-order chi connectivity index (χ0) is 19.4. The van der Waals surface area contributed by atoms with Crippen molar-refractivity contribution >= 4 is 28.2 Å². The van der Waals surface area contributed by atoms with Gasteiger partial charge in [0.1, 0.15) is 0 Å². The number of fused-ring (bicyclic) bond motifs is 1. The maximum atomic E-state index is 13.4. The van der Waals surface area contributed by atoms with Gasteiger partial charge in [0.2, 0.25) is 9.84 Å². The Morgan fingerprint density at radius 3 is 2.21 bits per heavy atom. The summed E-state index contributed by atoms with van der Waals surface area (Å²) in [5.41, 5.74) is 1.07. The summed E-state index contributed by atoms with van der Waals surface area (Å²) in [5.74, 6) is -0.199. The van der Waals surface area contributed by atoms with Crippen LogP contribution in [0.15, 0.2) is 59.5 Å². The lowest BCUT2D eigenvalue weighted by molar-refractivity contribution is 0.0761. The van der Waals surface area contributed by atoms with Gasteiger partial charge in [-0.25, -0.2) is 8.42 Å². The quantitative estimate of drug-likeness (QED) is 0.649. The van der Waals surface area contributed by atoms with E-state index < -0.39 is 15.2 Å². The molecule has 0 aromatic heterocycles. The lowest BCUT2D eigenvalue weighted by Gasteiger charge is -2.26. The highest BCUT2D eigenvalue weighted by atomic mass is 35.5. The molecule has 1 unspecified atom stereocenters. The van der Waals surface area contributed by atoms with Crippen LogP contribution in [0.4, 0.5) is 0 Å². The SMILES string of the molecule is CCN(CC)CCCN1C(=O)c2ccccc2C1S(=O)(=O)c1ccccc1.Cl. The van der Waals surface area contributed by atoms with Crippen molar-refractivity contribution in [3.05, 3.63) is 65.7 Å². The third-order valence-corrected chi connectivity index (χ3v) is 7.16. The molecule has 2 aromatic rings. The van der Waals surface area contributed by atoms with Crippen molar-refractivity contribution < 1.29 is 13.2 Å². The first-order valence-corrected chi connectivity index (χ1v) is 11.0. The van der Waals surface area contributed by atoms with E-state index in [2.05, 4.69) is 18.7 Å². The molecule has 1 heterocycles. The number of nitrogens with zero attached hydrogens (tertiary/aromatic N) is 2. The molecular formula is C21H27ClN2O3S. The van der Waals surface area contributed by atoms with Gasteiger partial charge in [0.25, 0.3) is 5.91 Å². The van der Waals surface area contributed by atoms with Crippen LogP contribution in [0.2, 0.25) is 0 Å². The molecule has 1 atom stereocenters. The van der Waals surface area contributed by atoms with Crippen LogP contribution < -0.4 is 0 Å². The second-order valence-electron chi connectivity index (χ2n) is 6.68. The molecule has 0 aliphatic carbocycles. The van der Waals surface area contributed by atoms with Crippen LogP contribution in [0.1, 0.15) is 41.6 Å². The summed E-state index contributed by atoms with van der Waals surface area (Å²) in [5, 5.41) is -0.958. The Morgan fingerprint density at radius 1 is 0.964 bits per heavy atom. The van der Waals surface area contributed by atoms with E-state index in [-0.39, 0.29) is 23.2 Å². The molecule has 0 bridgehead atoms. The van der Waals surface area contributed by atoms with Gasteiger partial charge in [-0.2, -0.15) is 0 Å². The lowest BCUT2D eigenvalue weighted by Crippen LogP contribution is -2.35. The minimum Gasteiger partial charge on any atom is -0.317 e. The molecule has 3 rings (SSSR count). The molecule has 0 spiro atoms. The van der Waals surface area contributed by atoms with Crippen LogP contribution in [0, 0.1) is 0 Å². The van der Waals surface area contributed by atoms with E-state index in [1.165, 1.54) is 4.90 Å². The van der Waals surface area contributed by atoms with E-state index in [1.54, 1.807) is 54.6 Å². The van der Waals surface area contributed by atoms with Gasteiger partial charge < -0.3 is 9.80 Å². The van der Waals surface area contributed by atoms with Crippen LogP contribution in [0.3, 0.4) is 0 Å². The third-order valence-electron chi connectivity index (χ3n) is 5.13. The zero-order valence-corrected chi connectivity index (χ0v) is 17.9. The first-order valence-electron chi connectivity index (χ1n) is 9.41. The highest BCUT2D eigenvalue weighted by molar-refractivity contribution is 7.91. The average Bonchev–Trinajstić information content (AvgIpc) is 2.99. The average molecular weight is 423 g/mol. The summed E-state index contributed by atoms with van der Waals surface area (Å²) < 4.78 is 26.7. The number of halogens is 1. The van der Waals surface area contributed by atoms with Gasteiger partial charge in [0.15, 0.2) is 5.37 Å². The molecule has 1 aliphatic heterocycles. The summed E-state index contributed by atoms with van der Waals surface area (Å²) in [6, 6.07) is 15.4. The van der Waals surface area contributed by atoms with Gasteiger partial charge in [-0.15, -0.1) is 12.4 Å². The summed E-state index contributed by atoms with van der Waals surface area (Å²) in [7, 11) is -3.70. The molecule has 0 saturated heterocycles. The minimum absolute atomic E-state index is 0. The van der Waals surface area contributed by atoms with Crippen molar-refractivity contribution in [1.82, 2.24) is 9.80 Å². The fourth-order valence-electron chi connectivity index (χ4n) is 3.63. The number of hydrogen-bond donors (Lipinski definition) is 0. The van der Waals surface area contributed by atoms with Gasteiger partial charge in [-0.05, 0) is 44.3 Å². The van der Waals surface area contributed by atoms with Crippen molar-refractivity contribution in [1.29, 1.82) is 0 Å². The molecule has 152 valence electrons. The second-order valence-corrected chi connectivity index (χ2v) is 8.68. The highest BCUT2D eigenvalue weighted by Crippen LogP contribution is 2.40. The van der Waals surface area contributed by atoms with Gasteiger partial charge in [-0.1, -0.05) is 50.2 Å². The summed E-state index contributed by atoms with van der Waals surface area (Å²) in [6.07, 6.45) is 0.738. The van der Waals surface area contributed by atoms with Crippen molar-refractivity contribution in [3.63, 3.8) is 0 Å². The lowest BCUT2D eigenvalue weighted by atomic mass is 10.1. The van der Waals surface area contributed by atoms with Crippen LogP contribution in [0.25, 0.3) is 0 Å². The monoisotopic (exact) mass is 422 g/mol. The van der Waals surface area contributed by atoms with E-state index >= 15 is 0 Å². The van der Waals surface area contributed by atoms with Crippen molar-refractivity contribution in [2.24, 2.45) is 0 Å². The maximum Gasteiger partial charge on any atom is 0.255 e. The Hall–Kier alpha value is -1.89. The number of benzene rings is 2. The van der Waals surface area contributed by atoms with Gasteiger partial charge >= 0.3 is 0 Å². The van der Waals surface area contributed by atoms with Crippen LogP contribution in [-0.2, 0) is 9.84 Å². The highest BCUT2D eigenvalue weighted by Gasteiger charge is 2.44. The number of carbonyl (C=O) groups excluding carboxylic acids is 1. The first-order chi connectivity index (χ1) is 13.0. The Labute approximate surface area is 173 Å². The molecule has 0 fully saturated rings. The topological polar surface area (TPSA) is 57.7 Å². The number of sulfone groups is 1. The van der Waals surface area contributed by atoms with Crippen LogP contribution in [-0.4, -0.2) is 50.3 Å². The van der Waals surface area contributed by atoms with Gasteiger partial charge in [0.05, 0.1) is 4.90 Å². The standard InChI is InChI=1S/C21H26N2O3S.ClH/c1-3-22(4-2)15-10-16-23-20(24)18-13-8-9-14-19(18)21(23)27(25,26)17-11-6-5-7-12-17;/h5-9,11-14,21H,3-4,10,15-16H2,1-2H3;1H. The Kier molecular flexibility index (Phi) is 7.63. The van der Waals surface area contributed by atoms with Crippen molar-refractivity contribution in [2.75, 3.05) is 26.2 Å². The summed E-state index contributed by atoms with van der Waals surface area (Å²) in [6.45, 7) is 7.34. The Bertz CT molecular complexity index is 899. The van der Waals surface area contributed by atoms with Gasteiger partial charge in [0, 0.05) is 17.7 Å². The van der Waals surface area contributed by atoms with E-state index in [1.807, 2.05) is 0 Å². The van der Waals surface area contributed by atoms with Crippen LogP contribution >= 0.6 is 12.4 Å². The van der Waals surface area contributed by atoms with Crippen LogP contribution in [0.5, 0.6) is 0 Å². The predicted molar refractivity (Wildman–Crippen MR) is 114 cm³/mol. The largest absolute Gasteiger partial charge is 0.317 e.